The van der Waals surface area contributed by atoms with E-state index in [-0.39, 0.29) is 0 Å². The Kier molecular flexibility index (Phi) is 4.96. The van der Waals surface area contributed by atoms with Gasteiger partial charge in [0.05, 0.1) is 6.04 Å². The minimum Gasteiger partial charge on any atom is -0.335 e. The molecule has 3 nitrogen and oxygen atoms in total. The van der Waals surface area contributed by atoms with E-state index in [1.807, 2.05) is 0 Å². The summed E-state index contributed by atoms with van der Waals surface area (Å²) in [6, 6.07) is 4.61. The second-order valence-electron chi connectivity index (χ2n) is 6.55. The van der Waals surface area contributed by atoms with Gasteiger partial charge in [-0.3, -0.25) is 4.79 Å². The fourth-order valence-electron chi connectivity index (χ4n) is 3.77. The second kappa shape index (κ2) is 6.93. The van der Waals surface area contributed by atoms with E-state index in [0.717, 1.165) is 32.5 Å². The molecule has 21 heavy (non-hydrogen) atoms. The number of hydrogen-bond donors (Lipinski definition) is 1. The molecule has 4 heteroatoms. The third kappa shape index (κ3) is 3.49. The summed E-state index contributed by atoms with van der Waals surface area (Å²) in [4.78, 5) is 16.2. The number of hydrogen-bond acceptors (Lipinski definition) is 3. The lowest BCUT2D eigenvalue weighted by molar-refractivity contribution is -0.133. The SMILES string of the molecule is CC(CC(=O)N1CCCC1c1cccs1)C1CCCNC1. The molecular formula is C17H26N2OS. The van der Waals surface area contributed by atoms with Crippen molar-refractivity contribution in [3.05, 3.63) is 22.4 Å². The Labute approximate surface area is 131 Å². The highest BCUT2D eigenvalue weighted by Gasteiger charge is 2.32. The molecule has 1 amide bonds. The number of nitrogens with zero attached hydrogens (tertiary/aromatic N) is 1. The molecule has 3 rings (SSSR count). The van der Waals surface area contributed by atoms with E-state index in [1.54, 1.807) is 11.3 Å². The van der Waals surface area contributed by atoms with Crippen molar-refractivity contribution in [2.45, 2.75) is 45.1 Å². The van der Waals surface area contributed by atoms with Crippen molar-refractivity contribution in [1.29, 1.82) is 0 Å². The Morgan fingerprint density at radius 1 is 1.48 bits per heavy atom. The summed E-state index contributed by atoms with van der Waals surface area (Å²) in [7, 11) is 0. The molecule has 0 spiro atoms. The number of carbonyl (C=O) groups excluding carboxylic acids is 1. The summed E-state index contributed by atoms with van der Waals surface area (Å²) in [6.45, 7) is 5.43. The van der Waals surface area contributed by atoms with Crippen LogP contribution in [0.25, 0.3) is 0 Å². The average Bonchev–Trinajstić information content (AvgIpc) is 3.18. The van der Waals surface area contributed by atoms with Gasteiger partial charge >= 0.3 is 0 Å². The number of thiophene rings is 1. The molecule has 0 bridgehead atoms. The molecule has 3 unspecified atom stereocenters. The van der Waals surface area contributed by atoms with E-state index < -0.39 is 0 Å². The van der Waals surface area contributed by atoms with Gasteiger partial charge < -0.3 is 10.2 Å². The number of likely N-dealkylation sites (tertiary alicyclic amines) is 1. The quantitative estimate of drug-likeness (QED) is 0.924. The first kappa shape index (κ1) is 15.0. The van der Waals surface area contributed by atoms with E-state index in [0.29, 0.717) is 30.2 Å². The van der Waals surface area contributed by atoms with Crippen molar-refractivity contribution in [1.82, 2.24) is 10.2 Å². The van der Waals surface area contributed by atoms with Crippen LogP contribution in [-0.4, -0.2) is 30.4 Å². The van der Waals surface area contributed by atoms with Crippen LogP contribution in [0.1, 0.15) is 49.9 Å². The largest absolute Gasteiger partial charge is 0.335 e. The van der Waals surface area contributed by atoms with Crippen molar-refractivity contribution in [2.24, 2.45) is 11.8 Å². The van der Waals surface area contributed by atoms with E-state index in [1.165, 1.54) is 17.7 Å². The van der Waals surface area contributed by atoms with Crippen molar-refractivity contribution in [2.75, 3.05) is 19.6 Å². The fraction of sp³-hybridized carbons (Fsp3) is 0.706. The van der Waals surface area contributed by atoms with Gasteiger partial charge in [-0.25, -0.2) is 0 Å². The average molecular weight is 306 g/mol. The highest BCUT2D eigenvalue weighted by molar-refractivity contribution is 7.10. The van der Waals surface area contributed by atoms with Gasteiger partial charge in [-0.1, -0.05) is 13.0 Å². The van der Waals surface area contributed by atoms with Gasteiger partial charge in [0.15, 0.2) is 0 Å². The third-order valence-electron chi connectivity index (χ3n) is 5.08. The van der Waals surface area contributed by atoms with Gasteiger partial charge in [0.25, 0.3) is 0 Å². The normalized spacial score (nSPS) is 27.8. The van der Waals surface area contributed by atoms with Gasteiger partial charge in [-0.05, 0) is 62.1 Å². The lowest BCUT2D eigenvalue weighted by Gasteiger charge is -2.30. The van der Waals surface area contributed by atoms with Crippen LogP contribution in [0.5, 0.6) is 0 Å². The monoisotopic (exact) mass is 306 g/mol. The Morgan fingerprint density at radius 2 is 2.38 bits per heavy atom. The number of amides is 1. The van der Waals surface area contributed by atoms with Crippen molar-refractivity contribution < 1.29 is 4.79 Å². The molecule has 3 heterocycles. The van der Waals surface area contributed by atoms with Crippen LogP contribution in [0.3, 0.4) is 0 Å². The zero-order chi connectivity index (χ0) is 14.7. The van der Waals surface area contributed by atoms with Crippen LogP contribution in [0, 0.1) is 11.8 Å². The molecule has 0 radical (unpaired) electrons. The maximum atomic E-state index is 12.7. The standard InChI is InChI=1S/C17H26N2OS/c1-13(14-5-2-8-18-12-14)11-17(20)19-9-3-6-15(19)16-7-4-10-21-16/h4,7,10,13-15,18H,2-3,5-6,8-9,11-12H2,1H3. The Bertz CT molecular complexity index is 453. The van der Waals surface area contributed by atoms with Crippen molar-refractivity contribution >= 4 is 17.2 Å². The van der Waals surface area contributed by atoms with Crippen LogP contribution < -0.4 is 5.32 Å². The molecule has 0 saturated carbocycles. The van der Waals surface area contributed by atoms with E-state index >= 15 is 0 Å². The van der Waals surface area contributed by atoms with Crippen LogP contribution in [0.4, 0.5) is 0 Å². The summed E-state index contributed by atoms with van der Waals surface area (Å²) in [5.41, 5.74) is 0. The molecule has 0 aromatic carbocycles. The van der Waals surface area contributed by atoms with Crippen molar-refractivity contribution in [3.63, 3.8) is 0 Å². The predicted molar refractivity (Wildman–Crippen MR) is 87.4 cm³/mol. The van der Waals surface area contributed by atoms with Crippen LogP contribution in [0.2, 0.25) is 0 Å². The Morgan fingerprint density at radius 3 is 3.10 bits per heavy atom. The molecule has 0 aliphatic carbocycles. The summed E-state index contributed by atoms with van der Waals surface area (Å²) in [5, 5.41) is 5.58. The molecule has 2 saturated heterocycles. The van der Waals surface area contributed by atoms with E-state index in [4.69, 9.17) is 0 Å². The molecule has 1 aromatic rings. The molecule has 2 aliphatic rings. The lowest BCUT2D eigenvalue weighted by Crippen LogP contribution is -2.37. The highest BCUT2D eigenvalue weighted by atomic mass is 32.1. The molecule has 2 fully saturated rings. The molecular weight excluding hydrogens is 280 g/mol. The Hall–Kier alpha value is -0.870. The number of carbonyl (C=O) groups is 1. The highest BCUT2D eigenvalue weighted by Crippen LogP contribution is 2.35. The zero-order valence-corrected chi connectivity index (χ0v) is 13.7. The van der Waals surface area contributed by atoms with Gasteiger partial charge in [-0.2, -0.15) is 0 Å². The topological polar surface area (TPSA) is 32.3 Å². The maximum absolute atomic E-state index is 12.7. The Balaban J connectivity index is 1.59. The number of piperidine rings is 1. The van der Waals surface area contributed by atoms with Crippen LogP contribution in [-0.2, 0) is 4.79 Å². The van der Waals surface area contributed by atoms with Crippen LogP contribution in [0.15, 0.2) is 17.5 Å². The molecule has 2 aliphatic heterocycles. The third-order valence-corrected chi connectivity index (χ3v) is 6.05. The van der Waals surface area contributed by atoms with Gasteiger partial charge in [0.2, 0.25) is 5.91 Å². The number of nitrogens with one attached hydrogen (secondary N) is 1. The summed E-state index contributed by atoms with van der Waals surface area (Å²) in [5.74, 6) is 1.53. The summed E-state index contributed by atoms with van der Waals surface area (Å²) >= 11 is 1.78. The second-order valence-corrected chi connectivity index (χ2v) is 7.53. The first-order valence-corrected chi connectivity index (χ1v) is 9.17. The smallest absolute Gasteiger partial charge is 0.223 e. The van der Waals surface area contributed by atoms with Gasteiger partial charge in [-0.15, -0.1) is 11.3 Å². The zero-order valence-electron chi connectivity index (χ0n) is 12.9. The van der Waals surface area contributed by atoms with E-state index in [9.17, 15) is 4.79 Å². The summed E-state index contributed by atoms with van der Waals surface area (Å²) < 4.78 is 0. The first-order chi connectivity index (χ1) is 10.3. The van der Waals surface area contributed by atoms with E-state index in [2.05, 4.69) is 34.7 Å². The van der Waals surface area contributed by atoms with Crippen LogP contribution >= 0.6 is 11.3 Å². The van der Waals surface area contributed by atoms with Gasteiger partial charge in [0, 0.05) is 17.8 Å². The molecule has 3 atom stereocenters. The molecule has 116 valence electrons. The predicted octanol–water partition coefficient (Wildman–Crippen LogP) is 3.44. The van der Waals surface area contributed by atoms with Gasteiger partial charge in [0.1, 0.15) is 0 Å². The first-order valence-electron chi connectivity index (χ1n) is 8.29. The lowest BCUT2D eigenvalue weighted by atomic mass is 9.85. The minimum absolute atomic E-state index is 0.342. The summed E-state index contributed by atoms with van der Waals surface area (Å²) in [6.07, 6.45) is 5.52. The maximum Gasteiger partial charge on any atom is 0.223 e. The minimum atomic E-state index is 0.342. The van der Waals surface area contributed by atoms with Crippen molar-refractivity contribution in [3.8, 4) is 0 Å². The fourth-order valence-corrected chi connectivity index (χ4v) is 4.64. The number of rotatable bonds is 4. The molecule has 1 aromatic heterocycles. The molecule has 1 N–H and O–H groups in total.